The van der Waals surface area contributed by atoms with E-state index in [1.165, 1.54) is 26.0 Å². The summed E-state index contributed by atoms with van der Waals surface area (Å²) in [4.78, 5) is 0. The van der Waals surface area contributed by atoms with Gasteiger partial charge >= 0.3 is 0 Å². The van der Waals surface area contributed by atoms with Gasteiger partial charge in [0.25, 0.3) is 0 Å². The molecule has 0 saturated heterocycles. The zero-order valence-electron chi connectivity index (χ0n) is 8.17. The van der Waals surface area contributed by atoms with Crippen molar-refractivity contribution < 1.29 is 0 Å². The SMILES string of the molecule is Cc1cc(C)cc(-c2csc(Br)c2)c1. The Hall–Kier alpha value is -0.600. The highest BCUT2D eigenvalue weighted by molar-refractivity contribution is 9.11. The Balaban J connectivity index is 2.51. The van der Waals surface area contributed by atoms with Crippen molar-refractivity contribution in [1.82, 2.24) is 0 Å². The van der Waals surface area contributed by atoms with Crippen molar-refractivity contribution >= 4 is 27.3 Å². The fraction of sp³-hybridized carbons (Fsp3) is 0.167. The number of benzene rings is 1. The Kier molecular flexibility index (Phi) is 2.75. The molecule has 1 aromatic heterocycles. The summed E-state index contributed by atoms with van der Waals surface area (Å²) >= 11 is 5.21. The van der Waals surface area contributed by atoms with Gasteiger partial charge in [0.05, 0.1) is 3.79 Å². The van der Waals surface area contributed by atoms with E-state index in [1.807, 2.05) is 0 Å². The summed E-state index contributed by atoms with van der Waals surface area (Å²) in [6.07, 6.45) is 0. The van der Waals surface area contributed by atoms with Gasteiger partial charge in [-0.2, -0.15) is 0 Å². The fourth-order valence-corrected chi connectivity index (χ4v) is 2.77. The van der Waals surface area contributed by atoms with Gasteiger partial charge in [-0.1, -0.05) is 29.3 Å². The van der Waals surface area contributed by atoms with E-state index in [-0.39, 0.29) is 0 Å². The molecule has 1 aromatic carbocycles. The van der Waals surface area contributed by atoms with E-state index in [0.29, 0.717) is 0 Å². The molecule has 0 atom stereocenters. The average Bonchev–Trinajstić information content (AvgIpc) is 2.50. The summed E-state index contributed by atoms with van der Waals surface area (Å²) < 4.78 is 1.19. The van der Waals surface area contributed by atoms with Gasteiger partial charge in [0.15, 0.2) is 0 Å². The van der Waals surface area contributed by atoms with E-state index in [4.69, 9.17) is 0 Å². The lowest BCUT2D eigenvalue weighted by atomic mass is 10.0. The first-order valence-corrected chi connectivity index (χ1v) is 6.15. The van der Waals surface area contributed by atoms with Crippen LogP contribution in [-0.4, -0.2) is 0 Å². The van der Waals surface area contributed by atoms with E-state index in [0.717, 1.165) is 0 Å². The normalized spacial score (nSPS) is 10.5. The molecule has 2 rings (SSSR count). The molecule has 1 heterocycles. The Morgan fingerprint density at radius 2 is 1.57 bits per heavy atom. The Morgan fingerprint density at radius 1 is 0.929 bits per heavy atom. The van der Waals surface area contributed by atoms with Crippen LogP contribution in [0.25, 0.3) is 11.1 Å². The Morgan fingerprint density at radius 3 is 2.07 bits per heavy atom. The summed E-state index contributed by atoms with van der Waals surface area (Å²) in [5.41, 5.74) is 5.25. The maximum Gasteiger partial charge on any atom is 0.0704 e. The number of aryl methyl sites for hydroxylation is 2. The van der Waals surface area contributed by atoms with Gasteiger partial charge in [0, 0.05) is 0 Å². The van der Waals surface area contributed by atoms with Crippen molar-refractivity contribution in [2.24, 2.45) is 0 Å². The number of hydrogen-bond donors (Lipinski definition) is 0. The molecule has 2 aromatic rings. The van der Waals surface area contributed by atoms with E-state index >= 15 is 0 Å². The molecule has 0 nitrogen and oxygen atoms in total. The van der Waals surface area contributed by atoms with Crippen LogP contribution in [0.1, 0.15) is 11.1 Å². The lowest BCUT2D eigenvalue weighted by Crippen LogP contribution is -1.80. The van der Waals surface area contributed by atoms with E-state index in [2.05, 4.69) is 59.4 Å². The molecular weight excluding hydrogens is 256 g/mol. The molecule has 0 aliphatic heterocycles. The highest BCUT2D eigenvalue weighted by Gasteiger charge is 2.01. The average molecular weight is 267 g/mol. The molecule has 0 aliphatic carbocycles. The maximum absolute atomic E-state index is 3.48. The third kappa shape index (κ3) is 2.07. The van der Waals surface area contributed by atoms with Crippen molar-refractivity contribution in [3.8, 4) is 11.1 Å². The molecule has 0 unspecified atom stereocenters. The van der Waals surface area contributed by atoms with Gasteiger partial charge in [0.1, 0.15) is 0 Å². The standard InChI is InChI=1S/C12H11BrS/c1-8-3-9(2)5-10(4-8)11-6-12(13)14-7-11/h3-7H,1-2H3. The summed E-state index contributed by atoms with van der Waals surface area (Å²) in [5, 5.41) is 2.18. The van der Waals surface area contributed by atoms with Crippen molar-refractivity contribution in [1.29, 1.82) is 0 Å². The summed E-state index contributed by atoms with van der Waals surface area (Å²) in [7, 11) is 0. The van der Waals surface area contributed by atoms with E-state index < -0.39 is 0 Å². The van der Waals surface area contributed by atoms with Crippen LogP contribution in [-0.2, 0) is 0 Å². The Bertz CT molecular complexity index is 437. The fourth-order valence-electron chi connectivity index (χ4n) is 1.60. The highest BCUT2D eigenvalue weighted by atomic mass is 79.9. The minimum absolute atomic E-state index is 1.19. The summed E-state index contributed by atoms with van der Waals surface area (Å²) in [6, 6.07) is 8.81. The highest BCUT2D eigenvalue weighted by Crippen LogP contribution is 2.29. The van der Waals surface area contributed by atoms with Crippen molar-refractivity contribution in [3.05, 3.63) is 44.6 Å². The van der Waals surface area contributed by atoms with Gasteiger partial charge in [-0.25, -0.2) is 0 Å². The first kappa shape index (κ1) is 9.94. The molecule has 0 radical (unpaired) electrons. The molecule has 2 heteroatoms. The van der Waals surface area contributed by atoms with Gasteiger partial charge < -0.3 is 0 Å². The molecular formula is C12H11BrS. The van der Waals surface area contributed by atoms with Crippen LogP contribution in [0.5, 0.6) is 0 Å². The number of hydrogen-bond acceptors (Lipinski definition) is 1. The first-order chi connectivity index (χ1) is 6.65. The van der Waals surface area contributed by atoms with Gasteiger partial charge in [-0.3, -0.25) is 0 Å². The van der Waals surface area contributed by atoms with E-state index in [9.17, 15) is 0 Å². The van der Waals surface area contributed by atoms with Crippen LogP contribution >= 0.6 is 27.3 Å². The lowest BCUT2D eigenvalue weighted by Gasteiger charge is -2.02. The largest absolute Gasteiger partial charge is 0.136 e. The van der Waals surface area contributed by atoms with Gasteiger partial charge in [-0.05, 0) is 52.4 Å². The topological polar surface area (TPSA) is 0 Å². The zero-order valence-corrected chi connectivity index (χ0v) is 10.6. The molecule has 72 valence electrons. The van der Waals surface area contributed by atoms with Crippen LogP contribution in [0.3, 0.4) is 0 Å². The second kappa shape index (κ2) is 3.87. The van der Waals surface area contributed by atoms with Crippen LogP contribution in [0, 0.1) is 13.8 Å². The second-order valence-electron chi connectivity index (χ2n) is 3.52. The zero-order chi connectivity index (χ0) is 10.1. The minimum Gasteiger partial charge on any atom is -0.136 e. The molecule has 14 heavy (non-hydrogen) atoms. The van der Waals surface area contributed by atoms with Crippen molar-refractivity contribution in [3.63, 3.8) is 0 Å². The minimum atomic E-state index is 1.19. The van der Waals surface area contributed by atoms with Crippen LogP contribution in [0.2, 0.25) is 0 Å². The van der Waals surface area contributed by atoms with Crippen LogP contribution in [0.15, 0.2) is 33.4 Å². The third-order valence-electron chi connectivity index (χ3n) is 2.12. The molecule has 0 bridgehead atoms. The second-order valence-corrected chi connectivity index (χ2v) is 5.81. The molecule has 0 saturated carbocycles. The van der Waals surface area contributed by atoms with Crippen LogP contribution in [0.4, 0.5) is 0 Å². The molecule has 0 amide bonds. The quantitative estimate of drug-likeness (QED) is 0.696. The first-order valence-electron chi connectivity index (χ1n) is 4.48. The number of thiophene rings is 1. The summed E-state index contributed by atoms with van der Waals surface area (Å²) in [6.45, 7) is 4.27. The molecule has 0 fully saturated rings. The van der Waals surface area contributed by atoms with E-state index in [1.54, 1.807) is 11.3 Å². The molecule has 0 N–H and O–H groups in total. The third-order valence-corrected chi connectivity index (χ3v) is 3.63. The Labute approximate surface area is 96.7 Å². The lowest BCUT2D eigenvalue weighted by molar-refractivity contribution is 1.39. The molecule has 0 spiro atoms. The monoisotopic (exact) mass is 266 g/mol. The van der Waals surface area contributed by atoms with Gasteiger partial charge in [-0.15, -0.1) is 11.3 Å². The number of halogens is 1. The summed E-state index contributed by atoms with van der Waals surface area (Å²) in [5.74, 6) is 0. The van der Waals surface area contributed by atoms with Gasteiger partial charge in [0.2, 0.25) is 0 Å². The molecule has 0 aliphatic rings. The van der Waals surface area contributed by atoms with Crippen molar-refractivity contribution in [2.45, 2.75) is 13.8 Å². The maximum atomic E-state index is 3.48. The van der Waals surface area contributed by atoms with Crippen LogP contribution < -0.4 is 0 Å². The number of rotatable bonds is 1. The van der Waals surface area contributed by atoms with Crippen molar-refractivity contribution in [2.75, 3.05) is 0 Å². The smallest absolute Gasteiger partial charge is 0.0704 e. The predicted octanol–water partition coefficient (Wildman–Crippen LogP) is 4.79. The predicted molar refractivity (Wildman–Crippen MR) is 66.9 cm³/mol.